The van der Waals surface area contributed by atoms with Crippen molar-refractivity contribution in [3.8, 4) is 0 Å². The Hall–Kier alpha value is -2.75. The molecule has 2 atom stereocenters. The van der Waals surface area contributed by atoms with Gasteiger partial charge < -0.3 is 25.0 Å². The third-order valence-corrected chi connectivity index (χ3v) is 5.34. The van der Waals surface area contributed by atoms with Gasteiger partial charge in [-0.15, -0.1) is 0 Å². The molecule has 1 aromatic rings. The fourth-order valence-corrected chi connectivity index (χ4v) is 3.58. The van der Waals surface area contributed by atoms with Crippen molar-refractivity contribution in [2.75, 3.05) is 19.4 Å². The van der Waals surface area contributed by atoms with Gasteiger partial charge in [0.1, 0.15) is 24.2 Å². The number of esters is 1. The van der Waals surface area contributed by atoms with E-state index in [1.807, 2.05) is 19.1 Å². The van der Waals surface area contributed by atoms with E-state index in [1.165, 1.54) is 12.0 Å². The summed E-state index contributed by atoms with van der Waals surface area (Å²) in [7, 11) is 1.22. The van der Waals surface area contributed by atoms with Crippen LogP contribution in [-0.4, -0.2) is 65.4 Å². The zero-order valence-electron chi connectivity index (χ0n) is 21.9. The second kappa shape index (κ2) is 12.8. The number of rotatable bonds is 9. The third kappa shape index (κ3) is 9.43. The van der Waals surface area contributed by atoms with Crippen LogP contribution in [0.1, 0.15) is 65.6 Å². The number of ether oxygens (including phenoxy) is 2. The fraction of sp³-hybridized carbons (Fsp3) is 0.600. The van der Waals surface area contributed by atoms with E-state index >= 15 is 0 Å². The highest BCUT2D eigenvalue weighted by Gasteiger charge is 2.41. The molecule has 1 rings (SSSR count). The van der Waals surface area contributed by atoms with E-state index < -0.39 is 47.1 Å². The van der Waals surface area contributed by atoms with Gasteiger partial charge in [0.05, 0.1) is 7.11 Å². The Balaban J connectivity index is 3.45. The lowest BCUT2D eigenvalue weighted by Crippen LogP contribution is -2.59. The summed E-state index contributed by atoms with van der Waals surface area (Å²) in [6, 6.07) is 5.19. The molecule has 0 bridgehead atoms. The van der Waals surface area contributed by atoms with Gasteiger partial charge in [-0.2, -0.15) is 12.6 Å². The summed E-state index contributed by atoms with van der Waals surface area (Å²) >= 11 is 4.27. The molecule has 1 aromatic carbocycles. The van der Waals surface area contributed by atoms with Crippen molar-refractivity contribution < 1.29 is 28.7 Å². The van der Waals surface area contributed by atoms with E-state index in [1.54, 1.807) is 53.7 Å². The summed E-state index contributed by atoms with van der Waals surface area (Å²) in [5.41, 5.74) is 0.0267. The molecule has 196 valence electrons. The number of nitrogens with one attached hydrogen (secondary N) is 2. The SMILES string of the molecule is CCc1ccc(C(C(=O)NCC(=O)OC)N(C(=O)C(CS)NC(=O)OC(C)(C)C)C(C)(C)C)cc1. The molecular weight excluding hydrogens is 470 g/mol. The molecule has 9 nitrogen and oxygen atoms in total. The number of amides is 3. The average molecular weight is 510 g/mol. The van der Waals surface area contributed by atoms with Crippen molar-refractivity contribution in [3.05, 3.63) is 35.4 Å². The molecule has 0 aromatic heterocycles. The Morgan fingerprint density at radius 3 is 2.03 bits per heavy atom. The van der Waals surface area contributed by atoms with Gasteiger partial charge in [-0.1, -0.05) is 31.2 Å². The maximum absolute atomic E-state index is 13.8. The zero-order valence-corrected chi connectivity index (χ0v) is 22.8. The lowest BCUT2D eigenvalue weighted by Gasteiger charge is -2.42. The Bertz CT molecular complexity index is 890. The Labute approximate surface area is 213 Å². The van der Waals surface area contributed by atoms with Crippen molar-refractivity contribution in [1.82, 2.24) is 15.5 Å². The molecule has 35 heavy (non-hydrogen) atoms. The van der Waals surface area contributed by atoms with Crippen molar-refractivity contribution >= 4 is 36.5 Å². The second-order valence-electron chi connectivity index (χ2n) is 10.1. The fourth-order valence-electron chi connectivity index (χ4n) is 3.33. The summed E-state index contributed by atoms with van der Waals surface area (Å²) < 4.78 is 9.92. The Morgan fingerprint density at radius 2 is 1.60 bits per heavy atom. The highest BCUT2D eigenvalue weighted by Crippen LogP contribution is 2.30. The van der Waals surface area contributed by atoms with Crippen LogP contribution in [0.2, 0.25) is 0 Å². The standard InChI is InChI=1S/C25H39N3O6S/c1-9-16-10-12-17(13-11-16)20(21(30)26-14-19(29)33-8)28(24(2,3)4)22(31)18(15-35)27-23(32)34-25(5,6)7/h10-13,18,20,35H,9,14-15H2,1-8H3,(H,26,30)(H,27,32). The molecule has 0 saturated carbocycles. The largest absolute Gasteiger partial charge is 0.468 e. The minimum Gasteiger partial charge on any atom is -0.468 e. The quantitative estimate of drug-likeness (QED) is 0.348. The van der Waals surface area contributed by atoms with Gasteiger partial charge in [-0.05, 0) is 59.1 Å². The molecule has 2 unspecified atom stereocenters. The number of alkyl carbamates (subject to hydrolysis) is 1. The number of aryl methyl sites for hydroxylation is 1. The van der Waals surface area contributed by atoms with Crippen LogP contribution < -0.4 is 10.6 Å². The lowest BCUT2D eigenvalue weighted by molar-refractivity contribution is -0.149. The predicted octanol–water partition coefficient (Wildman–Crippen LogP) is 3.03. The Kier molecular flexibility index (Phi) is 11.1. The zero-order chi connectivity index (χ0) is 27.0. The van der Waals surface area contributed by atoms with Crippen LogP contribution in [0.25, 0.3) is 0 Å². The molecule has 0 aliphatic carbocycles. The number of hydrogen-bond acceptors (Lipinski definition) is 7. The van der Waals surface area contributed by atoms with E-state index in [-0.39, 0.29) is 12.3 Å². The van der Waals surface area contributed by atoms with Crippen molar-refractivity contribution in [3.63, 3.8) is 0 Å². The van der Waals surface area contributed by atoms with Gasteiger partial charge in [-0.25, -0.2) is 4.79 Å². The molecule has 0 heterocycles. The van der Waals surface area contributed by atoms with E-state index in [0.717, 1.165) is 12.0 Å². The number of carbonyl (C=O) groups is 4. The molecule has 0 fully saturated rings. The van der Waals surface area contributed by atoms with Gasteiger partial charge in [-0.3, -0.25) is 14.4 Å². The van der Waals surface area contributed by atoms with Crippen LogP contribution in [0.15, 0.2) is 24.3 Å². The van der Waals surface area contributed by atoms with Gasteiger partial charge >= 0.3 is 12.1 Å². The van der Waals surface area contributed by atoms with E-state index in [2.05, 4.69) is 28.0 Å². The van der Waals surface area contributed by atoms with Gasteiger partial charge in [0.15, 0.2) is 0 Å². The van der Waals surface area contributed by atoms with Crippen LogP contribution in [-0.2, 0) is 30.3 Å². The number of nitrogens with zero attached hydrogens (tertiary/aromatic N) is 1. The van der Waals surface area contributed by atoms with Crippen molar-refractivity contribution in [2.24, 2.45) is 0 Å². The third-order valence-electron chi connectivity index (χ3n) is 4.98. The maximum atomic E-state index is 13.8. The first-order valence-corrected chi connectivity index (χ1v) is 12.1. The molecule has 10 heteroatoms. The van der Waals surface area contributed by atoms with Crippen molar-refractivity contribution in [2.45, 2.75) is 78.1 Å². The summed E-state index contributed by atoms with van der Waals surface area (Å²) in [5.74, 6) is -1.71. The lowest BCUT2D eigenvalue weighted by atomic mass is 9.94. The minimum absolute atomic E-state index is 0.0179. The van der Waals surface area contributed by atoms with Gasteiger partial charge in [0.25, 0.3) is 0 Å². The normalized spacial score (nSPS) is 13.3. The first-order valence-electron chi connectivity index (χ1n) is 11.5. The molecule has 0 aliphatic rings. The number of hydrogen-bond donors (Lipinski definition) is 3. The summed E-state index contributed by atoms with van der Waals surface area (Å²) in [5, 5.41) is 5.12. The first-order chi connectivity index (χ1) is 16.1. The van der Waals surface area contributed by atoms with E-state index in [4.69, 9.17) is 4.74 Å². The molecular formula is C25H39N3O6S. The van der Waals surface area contributed by atoms with Crippen LogP contribution in [0, 0.1) is 0 Å². The van der Waals surface area contributed by atoms with E-state index in [0.29, 0.717) is 5.56 Å². The molecule has 0 aliphatic heterocycles. The molecule has 2 N–H and O–H groups in total. The highest BCUT2D eigenvalue weighted by atomic mass is 32.1. The molecule has 3 amide bonds. The number of carbonyl (C=O) groups excluding carboxylic acids is 4. The van der Waals surface area contributed by atoms with Crippen molar-refractivity contribution in [1.29, 1.82) is 0 Å². The van der Waals surface area contributed by atoms with Gasteiger partial charge in [0, 0.05) is 11.3 Å². The summed E-state index contributed by atoms with van der Waals surface area (Å²) in [6.45, 7) is 12.2. The minimum atomic E-state index is -1.08. The van der Waals surface area contributed by atoms with Crippen LogP contribution in [0.5, 0.6) is 0 Å². The number of benzene rings is 1. The Morgan fingerprint density at radius 1 is 1.03 bits per heavy atom. The molecule has 0 saturated heterocycles. The maximum Gasteiger partial charge on any atom is 0.408 e. The smallest absolute Gasteiger partial charge is 0.408 e. The van der Waals surface area contributed by atoms with E-state index in [9.17, 15) is 19.2 Å². The first kappa shape index (κ1) is 30.3. The predicted molar refractivity (Wildman–Crippen MR) is 137 cm³/mol. The van der Waals surface area contributed by atoms with Crippen LogP contribution in [0.3, 0.4) is 0 Å². The second-order valence-corrected chi connectivity index (χ2v) is 10.4. The average Bonchev–Trinajstić information content (AvgIpc) is 2.76. The van der Waals surface area contributed by atoms with Crippen LogP contribution in [0.4, 0.5) is 4.79 Å². The molecule has 0 radical (unpaired) electrons. The summed E-state index contributed by atoms with van der Waals surface area (Å²) in [4.78, 5) is 52.6. The summed E-state index contributed by atoms with van der Waals surface area (Å²) in [6.07, 6.45) is 0.0425. The number of methoxy groups -OCH3 is 1. The van der Waals surface area contributed by atoms with Crippen LogP contribution >= 0.6 is 12.6 Å². The van der Waals surface area contributed by atoms with Gasteiger partial charge in [0.2, 0.25) is 11.8 Å². The molecule has 0 spiro atoms. The number of thiol groups is 1. The monoisotopic (exact) mass is 509 g/mol. The highest BCUT2D eigenvalue weighted by molar-refractivity contribution is 7.80. The topological polar surface area (TPSA) is 114 Å².